The second kappa shape index (κ2) is 6.94. The molecule has 0 spiro atoms. The lowest BCUT2D eigenvalue weighted by atomic mass is 9.47. The van der Waals surface area contributed by atoms with Crippen molar-refractivity contribution in [1.82, 2.24) is 0 Å². The van der Waals surface area contributed by atoms with Crippen molar-refractivity contribution in [3.8, 4) is 6.07 Å². The number of nitrogens with two attached hydrogens (primary N) is 1. The van der Waals surface area contributed by atoms with Crippen LogP contribution in [0.3, 0.4) is 0 Å². The van der Waals surface area contributed by atoms with E-state index in [4.69, 9.17) is 5.73 Å². The minimum Gasteiger partial charge on any atom is -0.393 e. The standard InChI is InChI=1S/C24H34N2O3/c1-13(27)21-17(18(12-25)22(26)29)11-20-16-5-4-14-10-15(28)6-8-23(14,2)19(16)7-9-24(20,21)3/h4,15-21,28H,5-11H2,1-3H3,(H2,26,29)/t15-,16-,17+,18+,19+,20-,21-,23-,24-/m0/s1. The molecular weight excluding hydrogens is 364 g/mol. The zero-order valence-corrected chi connectivity index (χ0v) is 17.9. The number of Topliss-reactive ketones (excluding diaryl/α,β-unsaturated/α-hetero) is 1. The van der Waals surface area contributed by atoms with Gasteiger partial charge in [-0.05, 0) is 86.4 Å². The van der Waals surface area contributed by atoms with Gasteiger partial charge in [0.15, 0.2) is 0 Å². The van der Waals surface area contributed by atoms with Gasteiger partial charge in [0.1, 0.15) is 11.7 Å². The van der Waals surface area contributed by atoms with Gasteiger partial charge in [-0.2, -0.15) is 5.26 Å². The first-order valence-electron chi connectivity index (χ1n) is 11.2. The van der Waals surface area contributed by atoms with E-state index in [1.807, 2.05) is 0 Å². The van der Waals surface area contributed by atoms with Gasteiger partial charge in [-0.1, -0.05) is 25.5 Å². The van der Waals surface area contributed by atoms with Crippen LogP contribution in [-0.2, 0) is 9.59 Å². The maximum Gasteiger partial charge on any atom is 0.235 e. The monoisotopic (exact) mass is 398 g/mol. The van der Waals surface area contributed by atoms with Gasteiger partial charge in [-0.15, -0.1) is 0 Å². The summed E-state index contributed by atoms with van der Waals surface area (Å²) >= 11 is 0. The molecule has 4 aliphatic carbocycles. The molecule has 1 amide bonds. The molecule has 0 aliphatic heterocycles. The Balaban J connectivity index is 1.71. The van der Waals surface area contributed by atoms with E-state index in [2.05, 4.69) is 26.0 Å². The first kappa shape index (κ1) is 20.6. The minimum atomic E-state index is -0.889. The lowest BCUT2D eigenvalue weighted by Gasteiger charge is -2.57. The second-order valence-electron chi connectivity index (χ2n) is 10.7. The van der Waals surface area contributed by atoms with Crippen molar-refractivity contribution in [3.05, 3.63) is 11.6 Å². The molecule has 3 saturated carbocycles. The van der Waals surface area contributed by atoms with Crippen LogP contribution in [0.5, 0.6) is 0 Å². The van der Waals surface area contributed by atoms with Crippen molar-refractivity contribution in [1.29, 1.82) is 5.26 Å². The van der Waals surface area contributed by atoms with Crippen LogP contribution in [0.4, 0.5) is 0 Å². The number of ketones is 1. The van der Waals surface area contributed by atoms with E-state index in [9.17, 15) is 20.0 Å². The van der Waals surface area contributed by atoms with Crippen molar-refractivity contribution in [3.63, 3.8) is 0 Å². The lowest BCUT2D eigenvalue weighted by Crippen LogP contribution is -2.51. The van der Waals surface area contributed by atoms with Gasteiger partial charge in [-0.3, -0.25) is 9.59 Å². The normalized spacial score (nSPS) is 47.1. The number of primary amides is 1. The van der Waals surface area contributed by atoms with Gasteiger partial charge >= 0.3 is 0 Å². The number of aliphatic hydroxyl groups is 1. The quantitative estimate of drug-likeness (QED) is 0.711. The van der Waals surface area contributed by atoms with E-state index in [0.717, 1.165) is 44.9 Å². The molecule has 0 saturated heterocycles. The fraction of sp³-hybridized carbons (Fsp3) is 0.792. The number of rotatable bonds is 3. The summed E-state index contributed by atoms with van der Waals surface area (Å²) in [6.07, 6.45) is 8.57. The van der Waals surface area contributed by atoms with Crippen molar-refractivity contribution in [2.75, 3.05) is 0 Å². The van der Waals surface area contributed by atoms with E-state index in [0.29, 0.717) is 17.8 Å². The van der Waals surface area contributed by atoms with Crippen LogP contribution in [0.15, 0.2) is 11.6 Å². The molecule has 0 bridgehead atoms. The number of aliphatic hydroxyl groups excluding tert-OH is 1. The Labute approximate surface area is 173 Å². The fourth-order valence-corrected chi connectivity index (χ4v) is 8.20. The SMILES string of the molecule is CC(=O)[C@H]1[C@@H]([C@@H](C#N)C(N)=O)C[C@H]2[C@H]3CC=C4C[C@@H](O)CC[C@]4(C)[C@@H]3CC[C@@]21C. The predicted molar refractivity (Wildman–Crippen MR) is 109 cm³/mol. The van der Waals surface area contributed by atoms with E-state index in [1.54, 1.807) is 6.92 Å². The Morgan fingerprint density at radius 1 is 1.28 bits per heavy atom. The molecule has 29 heavy (non-hydrogen) atoms. The van der Waals surface area contributed by atoms with E-state index < -0.39 is 11.8 Å². The van der Waals surface area contributed by atoms with Gasteiger partial charge in [0.2, 0.25) is 5.91 Å². The topological polar surface area (TPSA) is 104 Å². The van der Waals surface area contributed by atoms with Crippen LogP contribution in [0, 0.1) is 57.7 Å². The predicted octanol–water partition coefficient (Wildman–Crippen LogP) is 3.37. The van der Waals surface area contributed by atoms with Crippen LogP contribution in [0.25, 0.3) is 0 Å². The highest BCUT2D eigenvalue weighted by atomic mass is 16.3. The second-order valence-corrected chi connectivity index (χ2v) is 10.7. The lowest BCUT2D eigenvalue weighted by molar-refractivity contribution is -0.130. The molecule has 5 heteroatoms. The highest BCUT2D eigenvalue weighted by molar-refractivity contribution is 5.84. The number of allylic oxidation sites excluding steroid dienone is 1. The molecule has 0 aromatic heterocycles. The average Bonchev–Trinajstić information content (AvgIpc) is 2.95. The number of fused-ring (bicyclic) bond motifs is 5. The molecule has 5 nitrogen and oxygen atoms in total. The average molecular weight is 399 g/mol. The minimum absolute atomic E-state index is 0.0963. The number of hydrogen-bond donors (Lipinski definition) is 2. The van der Waals surface area contributed by atoms with Gasteiger partial charge < -0.3 is 10.8 Å². The smallest absolute Gasteiger partial charge is 0.235 e. The van der Waals surface area contributed by atoms with Crippen LogP contribution < -0.4 is 5.73 Å². The summed E-state index contributed by atoms with van der Waals surface area (Å²) < 4.78 is 0. The summed E-state index contributed by atoms with van der Waals surface area (Å²) in [7, 11) is 0. The molecule has 4 rings (SSSR count). The summed E-state index contributed by atoms with van der Waals surface area (Å²) in [6, 6.07) is 2.12. The molecule has 0 aromatic rings. The van der Waals surface area contributed by atoms with Crippen LogP contribution >= 0.6 is 0 Å². The molecular formula is C24H34N2O3. The van der Waals surface area contributed by atoms with Crippen molar-refractivity contribution >= 4 is 11.7 Å². The Hall–Kier alpha value is -1.67. The van der Waals surface area contributed by atoms with Crippen LogP contribution in [0.2, 0.25) is 0 Å². The Kier molecular flexibility index (Phi) is 4.93. The molecule has 3 N–H and O–H groups in total. The molecule has 4 aliphatic rings. The highest BCUT2D eigenvalue weighted by Crippen LogP contribution is 2.68. The number of hydrogen-bond acceptors (Lipinski definition) is 4. The molecule has 3 fully saturated rings. The van der Waals surface area contributed by atoms with Crippen molar-refractivity contribution in [2.24, 2.45) is 52.1 Å². The number of amides is 1. The highest BCUT2D eigenvalue weighted by Gasteiger charge is 2.63. The Morgan fingerprint density at radius 3 is 2.62 bits per heavy atom. The number of nitriles is 1. The fourth-order valence-electron chi connectivity index (χ4n) is 8.20. The van der Waals surface area contributed by atoms with Gasteiger partial charge in [0, 0.05) is 5.92 Å². The molecule has 158 valence electrons. The maximum absolute atomic E-state index is 12.7. The zero-order valence-electron chi connectivity index (χ0n) is 17.9. The third-order valence-corrected chi connectivity index (χ3v) is 9.49. The third-order valence-electron chi connectivity index (χ3n) is 9.49. The van der Waals surface area contributed by atoms with E-state index >= 15 is 0 Å². The molecule has 0 radical (unpaired) electrons. The molecule has 0 aromatic carbocycles. The number of carbonyl (C=O) groups is 2. The molecule has 0 heterocycles. The van der Waals surface area contributed by atoms with Gasteiger partial charge in [0.05, 0.1) is 12.2 Å². The molecule has 0 unspecified atom stereocenters. The first-order valence-corrected chi connectivity index (χ1v) is 11.2. The van der Waals surface area contributed by atoms with Crippen LogP contribution in [0.1, 0.15) is 65.7 Å². The van der Waals surface area contributed by atoms with Crippen LogP contribution in [-0.4, -0.2) is 22.9 Å². The third kappa shape index (κ3) is 2.90. The summed E-state index contributed by atoms with van der Waals surface area (Å²) in [4.78, 5) is 24.7. The van der Waals surface area contributed by atoms with Crippen molar-refractivity contribution < 1.29 is 14.7 Å². The maximum atomic E-state index is 12.7. The first-order chi connectivity index (χ1) is 13.6. The van der Waals surface area contributed by atoms with Crippen molar-refractivity contribution in [2.45, 2.75) is 71.8 Å². The number of carbonyl (C=O) groups excluding carboxylic acids is 2. The summed E-state index contributed by atoms with van der Waals surface area (Å²) in [6.45, 7) is 6.22. The van der Waals surface area contributed by atoms with Gasteiger partial charge in [-0.25, -0.2) is 0 Å². The van der Waals surface area contributed by atoms with Gasteiger partial charge in [0.25, 0.3) is 0 Å². The van der Waals surface area contributed by atoms with E-state index in [-0.39, 0.29) is 34.6 Å². The number of nitrogens with zero attached hydrogens (tertiary/aromatic N) is 1. The summed E-state index contributed by atoms with van der Waals surface area (Å²) in [5.74, 6) is -0.574. The zero-order chi connectivity index (χ0) is 21.1. The Bertz CT molecular complexity index is 798. The Morgan fingerprint density at radius 2 is 2.00 bits per heavy atom. The molecule has 9 atom stereocenters. The largest absolute Gasteiger partial charge is 0.393 e. The van der Waals surface area contributed by atoms with E-state index in [1.165, 1.54) is 5.57 Å². The summed E-state index contributed by atoms with van der Waals surface area (Å²) in [5, 5.41) is 19.8. The summed E-state index contributed by atoms with van der Waals surface area (Å²) in [5.41, 5.74) is 6.95.